The highest BCUT2D eigenvalue weighted by atomic mass is 32.2. The van der Waals surface area contributed by atoms with Gasteiger partial charge in [-0.1, -0.05) is 19.1 Å². The van der Waals surface area contributed by atoms with E-state index in [0.29, 0.717) is 10.6 Å². The zero-order chi connectivity index (χ0) is 15.3. The minimum absolute atomic E-state index is 0.111. The minimum atomic E-state index is -3.48. The van der Waals surface area contributed by atoms with Crippen LogP contribution in [0.4, 0.5) is 0 Å². The van der Waals surface area contributed by atoms with Crippen LogP contribution >= 0.6 is 22.7 Å². The first-order chi connectivity index (χ1) is 10.1. The quantitative estimate of drug-likeness (QED) is 0.839. The highest BCUT2D eigenvalue weighted by Crippen LogP contribution is 2.33. The lowest BCUT2D eigenvalue weighted by atomic mass is 10.3. The maximum absolute atomic E-state index is 12.7. The van der Waals surface area contributed by atoms with Crippen molar-refractivity contribution in [3.05, 3.63) is 39.9 Å². The van der Waals surface area contributed by atoms with Crippen LogP contribution in [0.3, 0.4) is 0 Å². The van der Waals surface area contributed by atoms with Crippen molar-refractivity contribution in [2.45, 2.75) is 29.2 Å². The van der Waals surface area contributed by atoms with Gasteiger partial charge < -0.3 is 5.32 Å². The average molecular weight is 343 g/mol. The molecule has 0 aliphatic heterocycles. The summed E-state index contributed by atoms with van der Waals surface area (Å²) in [7, 11) is -3.48. The molecule has 0 radical (unpaired) electrons. The first-order valence-corrected chi connectivity index (χ1v) is 9.93. The zero-order valence-electron chi connectivity index (χ0n) is 11.6. The summed E-state index contributed by atoms with van der Waals surface area (Å²) >= 11 is 2.60. The van der Waals surface area contributed by atoms with Crippen LogP contribution in [0.1, 0.15) is 29.9 Å². The molecule has 2 aromatic rings. The first kappa shape index (κ1) is 16.2. The minimum Gasteiger partial charge on any atom is -0.354 e. The Kier molecular flexibility index (Phi) is 5.55. The summed E-state index contributed by atoms with van der Waals surface area (Å²) in [4.78, 5) is 12.4. The predicted molar refractivity (Wildman–Crippen MR) is 86.5 cm³/mol. The van der Waals surface area contributed by atoms with E-state index >= 15 is 0 Å². The van der Waals surface area contributed by atoms with E-state index in [4.69, 9.17) is 0 Å². The van der Waals surface area contributed by atoms with Crippen molar-refractivity contribution in [3.8, 4) is 0 Å². The monoisotopic (exact) mass is 343 g/mol. The van der Waals surface area contributed by atoms with Crippen LogP contribution in [0, 0.1) is 0 Å². The number of sulfone groups is 1. The average Bonchev–Trinajstić information content (AvgIpc) is 3.12. The third kappa shape index (κ3) is 3.93. The number of carbonyl (C=O) groups excluding carboxylic acids is 1. The van der Waals surface area contributed by atoms with E-state index in [2.05, 4.69) is 5.32 Å². The molecular formula is C14H17NO3S3. The molecule has 1 atom stereocenters. The lowest BCUT2D eigenvalue weighted by molar-refractivity contribution is -0.121. The van der Waals surface area contributed by atoms with Gasteiger partial charge in [0, 0.05) is 17.8 Å². The van der Waals surface area contributed by atoms with Gasteiger partial charge in [0.25, 0.3) is 0 Å². The Bertz CT molecular complexity index is 660. The summed E-state index contributed by atoms with van der Waals surface area (Å²) in [6.07, 6.45) is 1.16. The second kappa shape index (κ2) is 7.20. The van der Waals surface area contributed by atoms with Gasteiger partial charge in [0.15, 0.2) is 9.84 Å². The second-order valence-corrected chi connectivity index (χ2v) is 8.82. The van der Waals surface area contributed by atoms with Crippen molar-refractivity contribution in [3.63, 3.8) is 0 Å². The molecule has 0 aliphatic carbocycles. The summed E-state index contributed by atoms with van der Waals surface area (Å²) < 4.78 is 25.8. The van der Waals surface area contributed by atoms with Crippen molar-refractivity contribution < 1.29 is 13.2 Å². The van der Waals surface area contributed by atoms with E-state index in [9.17, 15) is 13.2 Å². The summed E-state index contributed by atoms with van der Waals surface area (Å²) in [5.74, 6) is -0.111. The van der Waals surface area contributed by atoms with Crippen LogP contribution in [-0.4, -0.2) is 20.9 Å². The number of thiophene rings is 2. The molecule has 4 nitrogen and oxygen atoms in total. The van der Waals surface area contributed by atoms with Crippen LogP contribution in [0.15, 0.2) is 39.2 Å². The lowest BCUT2D eigenvalue weighted by Crippen LogP contribution is -2.31. The number of hydrogen-bond donors (Lipinski definition) is 1. The van der Waals surface area contributed by atoms with Gasteiger partial charge in [-0.3, -0.25) is 4.79 Å². The SMILES string of the molecule is CCCC(=O)NCC(c1cccs1)S(=O)(=O)c1cccs1. The molecule has 114 valence electrons. The van der Waals surface area contributed by atoms with Crippen LogP contribution < -0.4 is 5.32 Å². The number of nitrogens with one attached hydrogen (secondary N) is 1. The summed E-state index contributed by atoms with van der Waals surface area (Å²) in [6.45, 7) is 2.03. The molecule has 7 heteroatoms. The van der Waals surface area contributed by atoms with Crippen LogP contribution in [0.2, 0.25) is 0 Å². The Morgan fingerprint density at radius 1 is 1.24 bits per heavy atom. The van der Waals surface area contributed by atoms with Crippen molar-refractivity contribution >= 4 is 38.4 Å². The fourth-order valence-electron chi connectivity index (χ4n) is 1.93. The van der Waals surface area contributed by atoms with Gasteiger partial charge in [-0.15, -0.1) is 22.7 Å². The van der Waals surface area contributed by atoms with Gasteiger partial charge in [0.1, 0.15) is 9.46 Å². The Morgan fingerprint density at radius 2 is 1.95 bits per heavy atom. The summed E-state index contributed by atoms with van der Waals surface area (Å²) in [6, 6.07) is 6.95. The fraction of sp³-hybridized carbons (Fsp3) is 0.357. The first-order valence-electron chi connectivity index (χ1n) is 6.63. The largest absolute Gasteiger partial charge is 0.354 e. The third-order valence-electron chi connectivity index (χ3n) is 2.97. The Balaban J connectivity index is 2.23. The Labute approximate surface area is 132 Å². The van der Waals surface area contributed by atoms with Gasteiger partial charge in [-0.05, 0) is 29.3 Å². The summed E-state index contributed by atoms with van der Waals surface area (Å²) in [5.41, 5.74) is 0. The fourth-order valence-corrected chi connectivity index (χ4v) is 5.91. The van der Waals surface area contributed by atoms with E-state index in [1.807, 2.05) is 18.4 Å². The number of rotatable bonds is 7. The van der Waals surface area contributed by atoms with Gasteiger partial charge in [0.2, 0.25) is 5.91 Å². The smallest absolute Gasteiger partial charge is 0.220 e. The molecule has 0 saturated heterocycles. The van der Waals surface area contributed by atoms with Gasteiger partial charge >= 0.3 is 0 Å². The van der Waals surface area contributed by atoms with Crippen LogP contribution in [-0.2, 0) is 14.6 Å². The molecule has 1 amide bonds. The Hall–Kier alpha value is -1.18. The number of carbonyl (C=O) groups is 1. The molecule has 21 heavy (non-hydrogen) atoms. The van der Waals surface area contributed by atoms with Gasteiger partial charge in [-0.25, -0.2) is 8.42 Å². The molecule has 1 N–H and O–H groups in total. The van der Waals surface area contributed by atoms with E-state index in [-0.39, 0.29) is 12.5 Å². The number of hydrogen-bond acceptors (Lipinski definition) is 5. The topological polar surface area (TPSA) is 63.2 Å². The maximum Gasteiger partial charge on any atom is 0.220 e. The normalized spacial score (nSPS) is 13.0. The Morgan fingerprint density at radius 3 is 2.52 bits per heavy atom. The third-order valence-corrected chi connectivity index (χ3v) is 7.62. The van der Waals surface area contributed by atoms with Crippen LogP contribution in [0.25, 0.3) is 0 Å². The molecule has 0 bridgehead atoms. The van der Waals surface area contributed by atoms with Crippen molar-refractivity contribution in [2.75, 3.05) is 6.54 Å². The van der Waals surface area contributed by atoms with Gasteiger partial charge in [-0.2, -0.15) is 0 Å². The van der Waals surface area contributed by atoms with Crippen LogP contribution in [0.5, 0.6) is 0 Å². The molecule has 2 aromatic heterocycles. The van der Waals surface area contributed by atoms with E-state index in [1.165, 1.54) is 22.7 Å². The lowest BCUT2D eigenvalue weighted by Gasteiger charge is -2.16. The maximum atomic E-state index is 12.7. The highest BCUT2D eigenvalue weighted by molar-refractivity contribution is 7.93. The molecule has 1 unspecified atom stereocenters. The van der Waals surface area contributed by atoms with Crippen molar-refractivity contribution in [1.82, 2.24) is 5.32 Å². The molecule has 2 rings (SSSR count). The molecule has 0 saturated carbocycles. The molecule has 0 aromatic carbocycles. The number of amides is 1. The van der Waals surface area contributed by atoms with E-state index in [1.54, 1.807) is 23.6 Å². The van der Waals surface area contributed by atoms with Crippen molar-refractivity contribution in [1.29, 1.82) is 0 Å². The van der Waals surface area contributed by atoms with E-state index < -0.39 is 15.1 Å². The molecule has 0 aliphatic rings. The predicted octanol–water partition coefficient (Wildman–Crippen LogP) is 3.24. The summed E-state index contributed by atoms with van der Waals surface area (Å²) in [5, 5.41) is 5.60. The zero-order valence-corrected chi connectivity index (χ0v) is 14.1. The van der Waals surface area contributed by atoms with E-state index in [0.717, 1.165) is 11.3 Å². The molecule has 0 fully saturated rings. The molecule has 0 spiro atoms. The van der Waals surface area contributed by atoms with Crippen molar-refractivity contribution in [2.24, 2.45) is 0 Å². The molecule has 2 heterocycles. The molecular weight excluding hydrogens is 326 g/mol. The van der Waals surface area contributed by atoms with Gasteiger partial charge in [0.05, 0.1) is 0 Å². The standard InChI is InChI=1S/C14H17NO3S3/c1-2-5-13(16)15-10-12(11-6-3-8-19-11)21(17,18)14-7-4-9-20-14/h3-4,6-9,12H,2,5,10H2,1H3,(H,15,16). The second-order valence-electron chi connectivity index (χ2n) is 4.54. The highest BCUT2D eigenvalue weighted by Gasteiger charge is 2.31.